The van der Waals surface area contributed by atoms with Gasteiger partial charge in [-0.05, 0) is 54.0 Å². The van der Waals surface area contributed by atoms with Gasteiger partial charge in [0.25, 0.3) is 0 Å². The molecule has 52 heavy (non-hydrogen) atoms. The zero-order chi connectivity index (χ0) is 37.5. The van der Waals surface area contributed by atoms with Crippen LogP contribution in [0, 0.1) is 5.92 Å². The van der Waals surface area contributed by atoms with E-state index in [2.05, 4.69) is 29.1 Å². The van der Waals surface area contributed by atoms with E-state index in [1.807, 2.05) is 54.6 Å². The molecule has 0 saturated heterocycles. The quantitative estimate of drug-likeness (QED) is 0.0904. The van der Waals surface area contributed by atoms with Gasteiger partial charge >= 0.3 is 12.1 Å². The second-order valence-electron chi connectivity index (χ2n) is 12.8. The van der Waals surface area contributed by atoms with Gasteiger partial charge in [-0.15, -0.1) is 13.2 Å². The average Bonchev–Trinajstić information content (AvgIpc) is 3.47. The molecule has 0 radical (unpaired) electrons. The SMILES string of the molecule is C=CCC[C@H](NC(=O)OCC1c2ccccc2-c2ccccc21)C(=O)O[C@@H](c1ccccc1)[C@H](COC)NC(=O)[C@H](CC=C)CC(=O)N[C@H](C)CO. The Kier molecular flexibility index (Phi) is 15.2. The number of aliphatic hydroxyl groups excluding tert-OH is 1. The molecule has 1 aliphatic carbocycles. The predicted octanol–water partition coefficient (Wildman–Crippen LogP) is 5.36. The number of carbonyl (C=O) groups excluding carboxylic acids is 4. The van der Waals surface area contributed by atoms with Crippen molar-refractivity contribution < 1.29 is 38.5 Å². The maximum atomic E-state index is 13.9. The van der Waals surface area contributed by atoms with E-state index < -0.39 is 54.0 Å². The molecule has 4 N–H and O–H groups in total. The standard InChI is InChI=1S/C41H49N3O8/c1-5-7-22-35(44-41(49)51-25-34-32-20-13-11-18-30(32)31-19-12-14-21-33(31)34)40(48)52-38(28-16-9-8-10-17-28)36(26-50-4)43-39(47)29(15-6-2)23-37(46)42-27(3)24-45/h5-6,8-14,16-21,27,29,34-36,38,45H,1-2,7,15,22-26H2,3-4H3,(H,42,46)(H,43,47)(H,44,49)/t27-,29-,35+,36+,38+/m1/s1. The number of esters is 1. The predicted molar refractivity (Wildman–Crippen MR) is 198 cm³/mol. The van der Waals surface area contributed by atoms with Gasteiger partial charge in [0.1, 0.15) is 18.8 Å². The first kappa shape index (κ1) is 39.5. The van der Waals surface area contributed by atoms with E-state index >= 15 is 0 Å². The summed E-state index contributed by atoms with van der Waals surface area (Å²) in [6.45, 7) is 8.93. The molecule has 3 amide bonds. The van der Waals surface area contributed by atoms with Crippen LogP contribution in [0.3, 0.4) is 0 Å². The monoisotopic (exact) mass is 711 g/mol. The molecule has 0 bridgehead atoms. The van der Waals surface area contributed by atoms with Gasteiger partial charge in [0.2, 0.25) is 11.8 Å². The number of rotatable bonds is 20. The summed E-state index contributed by atoms with van der Waals surface area (Å²) in [5, 5.41) is 17.6. The third kappa shape index (κ3) is 10.6. The lowest BCUT2D eigenvalue weighted by atomic mass is 9.97. The highest BCUT2D eigenvalue weighted by atomic mass is 16.6. The lowest BCUT2D eigenvalue weighted by molar-refractivity contribution is -0.155. The number of carbonyl (C=O) groups is 4. The minimum absolute atomic E-state index is 0.0374. The number of aliphatic hydroxyl groups is 1. The molecule has 0 heterocycles. The molecule has 11 nitrogen and oxygen atoms in total. The van der Waals surface area contributed by atoms with Crippen molar-refractivity contribution in [2.75, 3.05) is 26.9 Å². The van der Waals surface area contributed by atoms with Gasteiger partial charge in [-0.3, -0.25) is 9.59 Å². The highest BCUT2D eigenvalue weighted by Crippen LogP contribution is 2.44. The van der Waals surface area contributed by atoms with Gasteiger partial charge in [0.15, 0.2) is 0 Å². The van der Waals surface area contributed by atoms with Crippen LogP contribution >= 0.6 is 0 Å². The van der Waals surface area contributed by atoms with E-state index in [0.29, 0.717) is 12.0 Å². The molecule has 276 valence electrons. The van der Waals surface area contributed by atoms with Crippen LogP contribution in [0.25, 0.3) is 11.1 Å². The highest BCUT2D eigenvalue weighted by molar-refractivity contribution is 5.86. The molecule has 11 heteroatoms. The number of nitrogens with one attached hydrogen (secondary N) is 3. The van der Waals surface area contributed by atoms with E-state index in [1.54, 1.807) is 43.3 Å². The summed E-state index contributed by atoms with van der Waals surface area (Å²) in [6.07, 6.45) is 2.04. The number of hydrogen-bond acceptors (Lipinski definition) is 8. The maximum absolute atomic E-state index is 13.9. The summed E-state index contributed by atoms with van der Waals surface area (Å²) >= 11 is 0. The van der Waals surface area contributed by atoms with Crippen LogP contribution in [0.5, 0.6) is 0 Å². The molecule has 0 aromatic heterocycles. The van der Waals surface area contributed by atoms with Gasteiger partial charge in [-0.1, -0.05) is 91.0 Å². The van der Waals surface area contributed by atoms with Crippen LogP contribution in [0.4, 0.5) is 4.79 Å². The number of benzene rings is 3. The van der Waals surface area contributed by atoms with Gasteiger partial charge < -0.3 is 35.3 Å². The zero-order valence-corrected chi connectivity index (χ0v) is 29.8. The zero-order valence-electron chi connectivity index (χ0n) is 29.8. The Hall–Kier alpha value is -5.26. The van der Waals surface area contributed by atoms with Gasteiger partial charge in [-0.25, -0.2) is 9.59 Å². The van der Waals surface area contributed by atoms with Crippen molar-refractivity contribution in [3.63, 3.8) is 0 Å². The molecule has 1 aliphatic rings. The van der Waals surface area contributed by atoms with E-state index in [1.165, 1.54) is 7.11 Å². The minimum Gasteiger partial charge on any atom is -0.454 e. The number of allylic oxidation sites excluding steroid dienone is 2. The van der Waals surface area contributed by atoms with Crippen LogP contribution < -0.4 is 16.0 Å². The van der Waals surface area contributed by atoms with Crippen LogP contribution in [0.15, 0.2) is 104 Å². The average molecular weight is 712 g/mol. The van der Waals surface area contributed by atoms with Crippen molar-refractivity contribution in [1.82, 2.24) is 16.0 Å². The van der Waals surface area contributed by atoms with E-state index in [4.69, 9.17) is 14.2 Å². The van der Waals surface area contributed by atoms with Gasteiger partial charge in [0.05, 0.1) is 25.2 Å². The number of ether oxygens (including phenoxy) is 3. The molecule has 3 aromatic rings. The Balaban J connectivity index is 1.50. The highest BCUT2D eigenvalue weighted by Gasteiger charge is 2.35. The largest absolute Gasteiger partial charge is 0.454 e. The molecule has 0 fully saturated rings. The normalized spacial score (nSPS) is 14.7. The van der Waals surface area contributed by atoms with Gasteiger partial charge in [-0.2, -0.15) is 0 Å². The molecule has 0 saturated carbocycles. The third-order valence-corrected chi connectivity index (χ3v) is 8.93. The van der Waals surface area contributed by atoms with E-state index in [9.17, 15) is 24.3 Å². The van der Waals surface area contributed by atoms with Crippen molar-refractivity contribution in [2.24, 2.45) is 5.92 Å². The number of methoxy groups -OCH3 is 1. The van der Waals surface area contributed by atoms with E-state index in [-0.39, 0.29) is 45.0 Å². The summed E-state index contributed by atoms with van der Waals surface area (Å²) in [5.74, 6) is -2.55. The second kappa shape index (κ2) is 20.0. The third-order valence-electron chi connectivity index (χ3n) is 8.93. The van der Waals surface area contributed by atoms with Crippen LogP contribution in [-0.4, -0.2) is 74.0 Å². The molecule has 4 rings (SSSR count). The molecular formula is C41H49N3O8. The van der Waals surface area contributed by atoms with Crippen LogP contribution in [-0.2, 0) is 28.6 Å². The minimum atomic E-state index is -1.09. The lowest BCUT2D eigenvalue weighted by Gasteiger charge is -2.30. The van der Waals surface area contributed by atoms with Crippen molar-refractivity contribution >= 4 is 23.9 Å². The number of fused-ring (bicyclic) bond motifs is 3. The van der Waals surface area contributed by atoms with Crippen molar-refractivity contribution in [1.29, 1.82) is 0 Å². The summed E-state index contributed by atoms with van der Waals surface area (Å²) in [6, 6.07) is 22.5. The Morgan fingerprint density at radius 3 is 2.10 bits per heavy atom. The summed E-state index contributed by atoms with van der Waals surface area (Å²) in [4.78, 5) is 53.4. The number of alkyl carbamates (subject to hydrolysis) is 1. The second-order valence-corrected chi connectivity index (χ2v) is 12.8. The molecule has 0 unspecified atom stereocenters. The Morgan fingerprint density at radius 2 is 1.50 bits per heavy atom. The molecule has 5 atom stereocenters. The first-order chi connectivity index (χ1) is 25.2. The topological polar surface area (TPSA) is 152 Å². The van der Waals surface area contributed by atoms with Crippen LogP contribution in [0.1, 0.15) is 61.3 Å². The van der Waals surface area contributed by atoms with Crippen LogP contribution in [0.2, 0.25) is 0 Å². The van der Waals surface area contributed by atoms with Gasteiger partial charge in [0, 0.05) is 25.5 Å². The summed E-state index contributed by atoms with van der Waals surface area (Å²) in [7, 11) is 1.46. The fraction of sp³-hybridized carbons (Fsp3) is 0.366. The number of hydrogen-bond donors (Lipinski definition) is 4. The van der Waals surface area contributed by atoms with Crippen molar-refractivity contribution in [3.05, 3.63) is 121 Å². The fourth-order valence-corrected chi connectivity index (χ4v) is 6.32. The Labute approximate surface area is 305 Å². The van der Waals surface area contributed by atoms with Crippen molar-refractivity contribution in [3.8, 4) is 11.1 Å². The summed E-state index contributed by atoms with van der Waals surface area (Å²) in [5.41, 5.74) is 4.90. The lowest BCUT2D eigenvalue weighted by Crippen LogP contribution is -2.49. The van der Waals surface area contributed by atoms with Crippen molar-refractivity contribution in [2.45, 2.75) is 62.8 Å². The Morgan fingerprint density at radius 1 is 0.865 bits per heavy atom. The Bertz CT molecular complexity index is 1630. The molecule has 0 aliphatic heterocycles. The van der Waals surface area contributed by atoms with E-state index in [0.717, 1.165) is 22.3 Å². The first-order valence-electron chi connectivity index (χ1n) is 17.5. The molecule has 0 spiro atoms. The first-order valence-corrected chi connectivity index (χ1v) is 17.5. The number of amides is 3. The maximum Gasteiger partial charge on any atom is 0.407 e. The smallest absolute Gasteiger partial charge is 0.407 e. The molecule has 3 aromatic carbocycles. The fourth-order valence-electron chi connectivity index (χ4n) is 6.32. The molecular weight excluding hydrogens is 662 g/mol. The summed E-state index contributed by atoms with van der Waals surface area (Å²) < 4.78 is 17.3.